The lowest BCUT2D eigenvalue weighted by Gasteiger charge is -2.16. The summed E-state index contributed by atoms with van der Waals surface area (Å²) in [7, 11) is 0. The summed E-state index contributed by atoms with van der Waals surface area (Å²) in [6, 6.07) is 141. The van der Waals surface area contributed by atoms with E-state index in [1.54, 1.807) is 0 Å². The van der Waals surface area contributed by atoms with E-state index in [4.69, 9.17) is 9.97 Å². The van der Waals surface area contributed by atoms with Crippen LogP contribution in [0.1, 0.15) is 11.1 Å². The number of fused-ring (bicyclic) bond motifs is 10. The van der Waals surface area contributed by atoms with E-state index in [-0.39, 0.29) is 0 Å². The molecular weight excluding hydrogens is 1430 g/mol. The Labute approximate surface area is 678 Å². The van der Waals surface area contributed by atoms with E-state index >= 15 is 0 Å². The average molecular weight is 1500 g/mol. The first-order chi connectivity index (χ1) is 58.5. The summed E-state index contributed by atoms with van der Waals surface area (Å²) in [6.45, 7) is 0. The van der Waals surface area contributed by atoms with Gasteiger partial charge >= 0.3 is 0 Å². The predicted molar refractivity (Wildman–Crippen MR) is 490 cm³/mol. The molecular formula is C111H65N7. The second-order valence-corrected chi connectivity index (χ2v) is 30.6. The Morgan fingerprint density at radius 2 is 0.492 bits per heavy atom. The van der Waals surface area contributed by atoms with E-state index in [9.17, 15) is 10.5 Å². The van der Waals surface area contributed by atoms with Crippen LogP contribution in [0.25, 0.3) is 231 Å². The normalized spacial score (nSPS) is 11.7. The Balaban J connectivity index is 0.000000138. The fourth-order valence-electron chi connectivity index (χ4n) is 19.0. The molecule has 5 aromatic heterocycles. The molecule has 0 aliphatic carbocycles. The SMILES string of the molecule is N#Cc1ccc2c3c1ccc1c(-c4ccc(-c5cc6c7ccccc7c(-c7cccc(-c8ccccc8)n7)cc6c6ccccc56)cc4)ccc(c13)n2-c1ccccc1.N#Cc1ccc2c3c1ccc1c(-c4ccc(-c5cc6c7ccccc7c(-c7cccc(-c8ccncc8)n7)cc6c6ccccc56)cc4)ccc(c13)n2-c1ccccc1. The Kier molecular flexibility index (Phi) is 15.6. The van der Waals surface area contributed by atoms with E-state index in [0.717, 1.165) is 111 Å². The summed E-state index contributed by atoms with van der Waals surface area (Å²) in [4.78, 5) is 14.6. The molecule has 0 aliphatic heterocycles. The van der Waals surface area contributed by atoms with Crippen LogP contribution in [0.5, 0.6) is 0 Å². The number of pyridine rings is 3. The highest BCUT2D eigenvalue weighted by atomic mass is 15.0. The van der Waals surface area contributed by atoms with Crippen molar-refractivity contribution in [2.45, 2.75) is 0 Å². The van der Waals surface area contributed by atoms with Gasteiger partial charge in [-0.05, 0) is 241 Å². The van der Waals surface area contributed by atoms with Gasteiger partial charge in [-0.2, -0.15) is 10.5 Å². The zero-order chi connectivity index (χ0) is 78.1. The van der Waals surface area contributed by atoms with Crippen LogP contribution < -0.4 is 0 Å². The summed E-state index contributed by atoms with van der Waals surface area (Å²) in [5, 5.41) is 43.6. The van der Waals surface area contributed by atoms with Crippen LogP contribution >= 0.6 is 0 Å². The third kappa shape index (κ3) is 10.7. The summed E-state index contributed by atoms with van der Waals surface area (Å²) in [6.07, 6.45) is 3.62. The van der Waals surface area contributed by atoms with Gasteiger partial charge in [0.1, 0.15) is 0 Å². The topological polar surface area (TPSA) is 96.1 Å². The van der Waals surface area contributed by atoms with Gasteiger partial charge in [0.2, 0.25) is 0 Å². The van der Waals surface area contributed by atoms with Crippen molar-refractivity contribution >= 4 is 130 Å². The number of aromatic nitrogens is 5. The van der Waals surface area contributed by atoms with Gasteiger partial charge in [0.25, 0.3) is 0 Å². The van der Waals surface area contributed by atoms with Gasteiger partial charge in [0, 0.05) is 78.3 Å². The maximum absolute atomic E-state index is 10.1. The third-order valence-electron chi connectivity index (χ3n) is 24.3. The number of para-hydroxylation sites is 2. The molecule has 0 unspecified atom stereocenters. The quantitative estimate of drug-likeness (QED) is 0.127. The molecule has 544 valence electrons. The largest absolute Gasteiger partial charge is 0.309 e. The van der Waals surface area contributed by atoms with Crippen molar-refractivity contribution in [1.29, 1.82) is 10.5 Å². The van der Waals surface area contributed by atoms with E-state index in [2.05, 4.69) is 366 Å². The molecule has 7 heteroatoms. The predicted octanol–water partition coefficient (Wildman–Crippen LogP) is 28.9. The molecule has 0 amide bonds. The number of nitrogens with zero attached hydrogens (tertiary/aromatic N) is 7. The highest BCUT2D eigenvalue weighted by molar-refractivity contribution is 6.30. The van der Waals surface area contributed by atoms with Gasteiger partial charge in [-0.3, -0.25) is 4.98 Å². The molecule has 0 N–H and O–H groups in total. The molecule has 5 heterocycles. The van der Waals surface area contributed by atoms with E-state index in [0.29, 0.717) is 11.1 Å². The second kappa shape index (κ2) is 27.3. The molecule has 0 atom stereocenters. The lowest BCUT2D eigenvalue weighted by atomic mass is 9.88. The standard InChI is InChI=1S/C56H33N3.C55H32N4/c57-34-38-26-30-53-55-41(38)27-28-46-40(29-31-54(56(46)55)59(53)39-14-5-2-6-15-39)35-22-24-36(25-23-35)47-32-48-44-18-9-10-19-45(44)50(33-49(48)43-17-8-7-16-42(43)47)52-21-11-20-51(58-52)37-12-3-1-4-13-37;56-33-37-21-25-52-54-40(37)22-23-45-39(24-26-53(55(45)54)59(52)38-9-2-1-3-10-38)34-17-19-35(20-18-34)46-31-47-43-13-6-7-14-44(43)49(32-48(47)42-12-5-4-11-41(42)46)51-16-8-15-50(58-51)36-27-29-57-30-28-36/h1-33H;1-32H. The van der Waals surface area contributed by atoms with Crippen molar-refractivity contribution < 1.29 is 0 Å². The lowest BCUT2D eigenvalue weighted by Crippen LogP contribution is -1.93. The number of nitriles is 2. The van der Waals surface area contributed by atoms with Crippen LogP contribution in [-0.2, 0) is 0 Å². The molecule has 24 aromatic rings. The lowest BCUT2D eigenvalue weighted by molar-refractivity contribution is 1.18. The maximum Gasteiger partial charge on any atom is 0.0998 e. The van der Waals surface area contributed by atoms with Gasteiger partial charge in [0.05, 0.1) is 68.1 Å². The first-order valence-electron chi connectivity index (χ1n) is 39.9. The molecule has 24 rings (SSSR count). The Morgan fingerprint density at radius 3 is 0.873 bits per heavy atom. The molecule has 118 heavy (non-hydrogen) atoms. The van der Waals surface area contributed by atoms with E-state index in [1.165, 1.54) is 120 Å². The highest BCUT2D eigenvalue weighted by Gasteiger charge is 2.25. The van der Waals surface area contributed by atoms with Crippen molar-refractivity contribution in [3.05, 3.63) is 406 Å². The summed E-state index contributed by atoms with van der Waals surface area (Å²) in [5.41, 5.74) is 25.7. The van der Waals surface area contributed by atoms with Gasteiger partial charge in [0.15, 0.2) is 0 Å². The van der Waals surface area contributed by atoms with Crippen LogP contribution in [0.4, 0.5) is 0 Å². The van der Waals surface area contributed by atoms with E-state index in [1.807, 2.05) is 54.9 Å². The van der Waals surface area contributed by atoms with Crippen molar-refractivity contribution in [1.82, 2.24) is 24.1 Å². The minimum absolute atomic E-state index is 0.694. The maximum atomic E-state index is 10.1. The Morgan fingerprint density at radius 1 is 0.195 bits per heavy atom. The zero-order valence-electron chi connectivity index (χ0n) is 63.7. The molecule has 0 fully saturated rings. The Hall–Kier alpha value is -16.2. The fraction of sp³-hybridized carbons (Fsp3) is 0. The second-order valence-electron chi connectivity index (χ2n) is 30.6. The first-order valence-corrected chi connectivity index (χ1v) is 39.9. The summed E-state index contributed by atoms with van der Waals surface area (Å²) < 4.78 is 4.65. The number of benzene rings is 19. The van der Waals surface area contributed by atoms with Crippen molar-refractivity contribution in [2.24, 2.45) is 0 Å². The smallest absolute Gasteiger partial charge is 0.0998 e. The van der Waals surface area contributed by atoms with Crippen LogP contribution in [0.3, 0.4) is 0 Å². The summed E-state index contributed by atoms with van der Waals surface area (Å²) >= 11 is 0. The van der Waals surface area contributed by atoms with Crippen molar-refractivity contribution in [3.8, 4) is 113 Å². The molecule has 7 nitrogen and oxygen atoms in total. The third-order valence-corrected chi connectivity index (χ3v) is 24.3. The van der Waals surface area contributed by atoms with Crippen molar-refractivity contribution in [3.63, 3.8) is 0 Å². The van der Waals surface area contributed by atoms with Crippen LogP contribution in [0, 0.1) is 22.7 Å². The Bertz CT molecular complexity index is 7790. The highest BCUT2D eigenvalue weighted by Crippen LogP contribution is 2.49. The molecule has 0 radical (unpaired) electrons. The van der Waals surface area contributed by atoms with Gasteiger partial charge in [-0.15, -0.1) is 0 Å². The van der Waals surface area contributed by atoms with Crippen LogP contribution in [0.15, 0.2) is 395 Å². The minimum atomic E-state index is 0.694. The first kappa shape index (κ1) is 67.5. The average Bonchev–Trinajstić information content (AvgIpc) is 1.56. The number of rotatable bonds is 10. The molecule has 0 spiro atoms. The van der Waals surface area contributed by atoms with E-state index < -0.39 is 0 Å². The fourth-order valence-corrected chi connectivity index (χ4v) is 19.0. The molecule has 0 bridgehead atoms. The zero-order valence-corrected chi connectivity index (χ0v) is 63.7. The van der Waals surface area contributed by atoms with Gasteiger partial charge < -0.3 is 9.13 Å². The minimum Gasteiger partial charge on any atom is -0.309 e. The van der Waals surface area contributed by atoms with Gasteiger partial charge in [-0.25, -0.2) is 9.97 Å². The number of hydrogen-bond donors (Lipinski definition) is 0. The van der Waals surface area contributed by atoms with Crippen LogP contribution in [0.2, 0.25) is 0 Å². The molecule has 0 saturated carbocycles. The van der Waals surface area contributed by atoms with Gasteiger partial charge in [-0.1, -0.05) is 261 Å². The van der Waals surface area contributed by atoms with Crippen molar-refractivity contribution in [2.75, 3.05) is 0 Å². The molecule has 0 saturated heterocycles. The van der Waals surface area contributed by atoms with Crippen LogP contribution in [-0.4, -0.2) is 24.1 Å². The molecule has 0 aliphatic rings. The molecule has 19 aromatic carbocycles. The monoisotopic (exact) mass is 1500 g/mol. The summed E-state index contributed by atoms with van der Waals surface area (Å²) in [5.74, 6) is 0. The number of hydrogen-bond acceptors (Lipinski definition) is 5.